The van der Waals surface area contributed by atoms with Gasteiger partial charge in [-0.05, 0) is 83.9 Å². The van der Waals surface area contributed by atoms with Gasteiger partial charge < -0.3 is 0 Å². The normalized spacial score (nSPS) is 12.4. The maximum Gasteiger partial charge on any atom is 0.0623 e. The van der Waals surface area contributed by atoms with Crippen LogP contribution >= 0.6 is 11.3 Å². The largest absolute Gasteiger partial charge is 0.135 e. The first-order chi connectivity index (χ1) is 22.1. The van der Waals surface area contributed by atoms with E-state index < -0.39 is 0 Å². The lowest BCUT2D eigenvalue weighted by Crippen LogP contribution is -1.93. The third kappa shape index (κ3) is 3.75. The quantitative estimate of drug-likeness (QED) is 0.187. The molecule has 1 aromatic heterocycles. The van der Waals surface area contributed by atoms with Gasteiger partial charge in [0.1, 0.15) is 0 Å². The first kappa shape index (κ1) is 22.4. The monoisotopic (exact) mass is 564 g/mol. The van der Waals surface area contributed by atoms with Gasteiger partial charge in [-0.15, -0.1) is 11.3 Å². The summed E-state index contributed by atoms with van der Waals surface area (Å²) in [6.45, 7) is 0. The van der Waals surface area contributed by atoms with Crippen molar-refractivity contribution in [2.45, 2.75) is 0 Å². The van der Waals surface area contributed by atoms with E-state index in [4.69, 9.17) is 2.74 Å². The summed E-state index contributed by atoms with van der Waals surface area (Å²) < 4.78 is 18.7. The highest BCUT2D eigenvalue weighted by Gasteiger charge is 2.20. The van der Waals surface area contributed by atoms with Crippen molar-refractivity contribution in [2.24, 2.45) is 0 Å². The van der Waals surface area contributed by atoms with E-state index >= 15 is 0 Å². The fourth-order valence-corrected chi connectivity index (χ4v) is 7.99. The van der Waals surface area contributed by atoms with Crippen molar-refractivity contribution in [3.05, 3.63) is 158 Å². The smallest absolute Gasteiger partial charge is 0.0623 e. The number of hydrogen-bond donors (Lipinski definition) is 0. The molecule has 0 unspecified atom stereocenters. The Morgan fingerprint density at radius 2 is 1.00 bits per heavy atom. The highest BCUT2D eigenvalue weighted by atomic mass is 32.1. The lowest BCUT2D eigenvalue weighted by molar-refractivity contribution is 1.62. The van der Waals surface area contributed by atoms with Gasteiger partial charge in [0.2, 0.25) is 0 Å². The zero-order chi connectivity index (χ0) is 30.1. The van der Waals surface area contributed by atoms with Crippen LogP contribution in [0.1, 0.15) is 2.74 Å². The first-order valence-corrected chi connectivity index (χ1v) is 15.4. The molecule has 0 N–H and O–H groups in total. The van der Waals surface area contributed by atoms with Crippen LogP contribution in [0, 0.1) is 0 Å². The molecule has 0 bridgehead atoms. The van der Waals surface area contributed by atoms with Gasteiger partial charge in [-0.25, -0.2) is 0 Å². The number of benzene rings is 8. The molecule has 0 spiro atoms. The van der Waals surface area contributed by atoms with Gasteiger partial charge >= 0.3 is 0 Å². The van der Waals surface area contributed by atoms with Crippen LogP contribution in [0.15, 0.2) is 158 Å². The molecule has 43 heavy (non-hydrogen) atoms. The Bertz CT molecular complexity index is 2570. The molecule has 0 radical (unpaired) electrons. The van der Waals surface area contributed by atoms with Crippen LogP contribution in [0.2, 0.25) is 0 Å². The van der Waals surface area contributed by atoms with Crippen molar-refractivity contribution in [3.63, 3.8) is 0 Å². The third-order valence-electron chi connectivity index (χ3n) is 8.73. The average molecular weight is 565 g/mol. The SMILES string of the molecule is [2H]c1ccc2cc(-c3ccccc3-c3c4ccccc4c(-c4cccc5sc6cc([2H])ccc6c45)c4ccccc34)ccc2c1. The Labute approximate surface area is 256 Å². The fourth-order valence-electron chi connectivity index (χ4n) is 6.88. The Kier molecular flexibility index (Phi) is 5.03. The van der Waals surface area contributed by atoms with Gasteiger partial charge in [-0.1, -0.05) is 139 Å². The van der Waals surface area contributed by atoms with Gasteiger partial charge in [-0.3, -0.25) is 0 Å². The molecule has 0 saturated carbocycles. The standard InChI is InChI=1S/C42H26S/c1-2-13-28-26-29(25-24-27(28)12-1)30-14-3-4-15-31(30)40-32-16-5-7-18-34(32)41(35-19-8-6-17-33(35)40)37-21-11-23-39-42(37)36-20-9-10-22-38(36)43-39/h1-26H/i1D,10D. The van der Waals surface area contributed by atoms with E-state index in [1.165, 1.54) is 64.8 Å². The molecule has 0 aliphatic rings. The van der Waals surface area contributed by atoms with Crippen molar-refractivity contribution in [1.29, 1.82) is 0 Å². The number of hydrogen-bond acceptors (Lipinski definition) is 1. The second-order valence-electron chi connectivity index (χ2n) is 11.1. The number of thiophene rings is 1. The van der Waals surface area contributed by atoms with E-state index in [1.54, 1.807) is 11.3 Å². The van der Waals surface area contributed by atoms with Crippen LogP contribution in [0.4, 0.5) is 0 Å². The summed E-state index contributed by atoms with van der Waals surface area (Å²) in [5.74, 6) is 0. The average Bonchev–Trinajstić information content (AvgIpc) is 3.45. The van der Waals surface area contributed by atoms with Gasteiger partial charge in [0.05, 0.1) is 2.74 Å². The Balaban J connectivity index is 1.38. The molecular weight excluding hydrogens is 537 g/mol. The summed E-state index contributed by atoms with van der Waals surface area (Å²) in [4.78, 5) is 0. The van der Waals surface area contributed by atoms with Gasteiger partial charge in [0.15, 0.2) is 0 Å². The van der Waals surface area contributed by atoms with Crippen molar-refractivity contribution in [2.75, 3.05) is 0 Å². The zero-order valence-corrected chi connectivity index (χ0v) is 24.1. The predicted molar refractivity (Wildman–Crippen MR) is 188 cm³/mol. The topological polar surface area (TPSA) is 0 Å². The summed E-state index contributed by atoms with van der Waals surface area (Å²) >= 11 is 1.77. The minimum atomic E-state index is 0.529. The lowest BCUT2D eigenvalue weighted by atomic mass is 9.83. The van der Waals surface area contributed by atoms with Crippen LogP contribution in [-0.2, 0) is 0 Å². The predicted octanol–water partition coefficient (Wildman–Crippen LogP) is 12.5. The van der Waals surface area contributed by atoms with Crippen molar-refractivity contribution < 1.29 is 2.74 Å². The Morgan fingerprint density at radius 1 is 0.395 bits per heavy atom. The Hall–Kier alpha value is -5.24. The Morgan fingerprint density at radius 3 is 1.77 bits per heavy atom. The maximum absolute atomic E-state index is 8.22. The summed E-state index contributed by atoms with van der Waals surface area (Å²) in [5, 5.41) is 9.59. The second-order valence-corrected chi connectivity index (χ2v) is 12.2. The third-order valence-corrected chi connectivity index (χ3v) is 9.85. The maximum atomic E-state index is 8.22. The van der Waals surface area contributed by atoms with Crippen molar-refractivity contribution in [1.82, 2.24) is 0 Å². The minimum Gasteiger partial charge on any atom is -0.135 e. The fraction of sp³-hybridized carbons (Fsp3) is 0. The summed E-state index contributed by atoms with van der Waals surface area (Å²) in [5.41, 5.74) is 7.27. The van der Waals surface area contributed by atoms with Gasteiger partial charge in [0.25, 0.3) is 0 Å². The summed E-state index contributed by atoms with van der Waals surface area (Å²) in [7, 11) is 0. The molecule has 8 aromatic carbocycles. The molecule has 0 nitrogen and oxygen atoms in total. The molecule has 0 saturated heterocycles. The molecular formula is C42H26S. The highest BCUT2D eigenvalue weighted by Crippen LogP contribution is 2.49. The summed E-state index contributed by atoms with van der Waals surface area (Å²) in [6, 6.07) is 52.5. The van der Waals surface area contributed by atoms with E-state index in [0.29, 0.717) is 12.1 Å². The van der Waals surface area contributed by atoms with E-state index in [0.717, 1.165) is 21.0 Å². The molecule has 0 fully saturated rings. The molecule has 0 atom stereocenters. The van der Waals surface area contributed by atoms with Crippen LogP contribution in [0.5, 0.6) is 0 Å². The highest BCUT2D eigenvalue weighted by molar-refractivity contribution is 7.25. The van der Waals surface area contributed by atoms with Crippen LogP contribution in [0.25, 0.3) is 85.9 Å². The molecule has 0 aliphatic carbocycles. The molecule has 9 rings (SSSR count). The molecule has 9 aromatic rings. The van der Waals surface area contributed by atoms with Crippen LogP contribution in [0.3, 0.4) is 0 Å². The lowest BCUT2D eigenvalue weighted by Gasteiger charge is -2.20. The van der Waals surface area contributed by atoms with Crippen LogP contribution in [-0.4, -0.2) is 0 Å². The molecule has 0 amide bonds. The minimum absolute atomic E-state index is 0.529. The summed E-state index contributed by atoms with van der Waals surface area (Å²) in [6.07, 6.45) is 0. The zero-order valence-electron chi connectivity index (χ0n) is 25.3. The van der Waals surface area contributed by atoms with Gasteiger partial charge in [-0.2, -0.15) is 0 Å². The molecule has 0 aliphatic heterocycles. The molecule has 200 valence electrons. The van der Waals surface area contributed by atoms with Crippen molar-refractivity contribution >= 4 is 63.8 Å². The van der Waals surface area contributed by atoms with E-state index in [-0.39, 0.29) is 0 Å². The number of rotatable bonds is 3. The molecule has 1 heteroatoms. The van der Waals surface area contributed by atoms with E-state index in [9.17, 15) is 0 Å². The van der Waals surface area contributed by atoms with Gasteiger partial charge in [0, 0.05) is 20.2 Å². The van der Waals surface area contributed by atoms with E-state index in [1.807, 2.05) is 30.3 Å². The van der Waals surface area contributed by atoms with Crippen LogP contribution < -0.4 is 0 Å². The van der Waals surface area contributed by atoms with Crippen molar-refractivity contribution in [3.8, 4) is 33.4 Å². The molecule has 1 heterocycles. The van der Waals surface area contributed by atoms with E-state index in [2.05, 4.69) is 115 Å². The first-order valence-electron chi connectivity index (χ1n) is 15.6. The number of fused-ring (bicyclic) bond motifs is 6. The second kappa shape index (κ2) is 9.66.